The summed E-state index contributed by atoms with van der Waals surface area (Å²) in [5.74, 6) is -136. The van der Waals surface area contributed by atoms with Crippen molar-refractivity contribution in [3.63, 3.8) is 0 Å². The quantitative estimate of drug-likeness (QED) is 0.173. The van der Waals surface area contributed by atoms with Gasteiger partial charge in [0.2, 0.25) is 0 Å². The summed E-state index contributed by atoms with van der Waals surface area (Å²) < 4.78 is 435. The molecule has 0 amide bonds. The third-order valence-electron chi connectivity index (χ3n) is 5.86. The van der Waals surface area contributed by atoms with Crippen LogP contribution in [0, 0.1) is 0 Å². The molecule has 50 heavy (non-hydrogen) atoms. The summed E-state index contributed by atoms with van der Waals surface area (Å²) in [5.41, 5.74) is 0. The molecule has 0 bridgehead atoms. The molecule has 0 rings (SSSR count). The van der Waals surface area contributed by atoms with Crippen molar-refractivity contribution in [1.82, 2.24) is 0 Å². The van der Waals surface area contributed by atoms with E-state index in [0.717, 1.165) is 0 Å². The van der Waals surface area contributed by atoms with Gasteiger partial charge in [0.1, 0.15) is 0 Å². The molecule has 0 saturated heterocycles. The molecular weight excluding hydrogens is 835 g/mol. The summed E-state index contributed by atoms with van der Waals surface area (Å²) in [6.45, 7) is 0. The van der Waals surface area contributed by atoms with Crippen molar-refractivity contribution in [2.75, 3.05) is 0 Å². The molecule has 0 aromatic heterocycles. The van der Waals surface area contributed by atoms with Crippen LogP contribution in [0.1, 0.15) is 0 Å². The molecule has 1 N–H and O–H groups in total. The summed E-state index contributed by atoms with van der Waals surface area (Å²) >= 11 is 0. The zero-order chi connectivity index (χ0) is 42.0. The van der Waals surface area contributed by atoms with E-state index in [9.17, 15) is 145 Å². The van der Waals surface area contributed by atoms with E-state index < -0.39 is 95.2 Å². The third kappa shape index (κ3) is 5.17. The van der Waals surface area contributed by atoms with Gasteiger partial charge in [-0.25, -0.2) is 0 Å². The first-order valence-corrected chi connectivity index (χ1v) is 10.2. The molecule has 34 heteroatoms. The molecule has 0 unspecified atom stereocenters. The van der Waals surface area contributed by atoms with Crippen molar-refractivity contribution in [3.05, 3.63) is 0 Å². The van der Waals surface area contributed by atoms with E-state index in [1.807, 2.05) is 0 Å². The van der Waals surface area contributed by atoms with Gasteiger partial charge in [0.15, 0.2) is 0 Å². The predicted molar refractivity (Wildman–Crippen MR) is 82.5 cm³/mol. The number of hydrogen-bond donors (Lipinski definition) is 1. The van der Waals surface area contributed by atoms with Crippen LogP contribution in [0.15, 0.2) is 0 Å². The third-order valence-corrected chi connectivity index (χ3v) is 5.86. The van der Waals surface area contributed by atoms with E-state index in [1.54, 1.807) is 0 Å². The van der Waals surface area contributed by atoms with Gasteiger partial charge in [-0.3, -0.25) is 0 Å². The highest BCUT2D eigenvalue weighted by Crippen LogP contribution is 2.69. The molecule has 0 aromatic rings. The van der Waals surface area contributed by atoms with Crippen molar-refractivity contribution in [1.29, 1.82) is 0 Å². The Bertz CT molecular complexity index is 1150. The van der Waals surface area contributed by atoms with Gasteiger partial charge in [0, 0.05) is 0 Å². The molecule has 0 spiro atoms. The largest absolute Gasteiger partial charge is 0.460 e. The minimum atomic E-state index is -10.2. The van der Waals surface area contributed by atoms with Crippen LogP contribution in [0.4, 0.5) is 145 Å². The second kappa shape index (κ2) is 11.1. The van der Waals surface area contributed by atoms with Gasteiger partial charge in [-0.1, -0.05) is 0 Å². The monoisotopic (exact) mass is 836 g/mol. The van der Waals surface area contributed by atoms with E-state index in [-0.39, 0.29) is 0 Å². The summed E-state index contributed by atoms with van der Waals surface area (Å²) in [6.07, 6.45) is -16.3. The highest BCUT2D eigenvalue weighted by atomic mass is 19.4. The minimum Gasteiger partial charge on any atom is -0.331 e. The molecule has 0 saturated carbocycles. The fourth-order valence-electron chi connectivity index (χ4n) is 2.73. The van der Waals surface area contributed by atoms with Crippen molar-refractivity contribution >= 4 is 0 Å². The number of alkyl halides is 33. The fraction of sp³-hybridized carbons (Fsp3) is 1.00. The SMILES string of the molecule is OC(F)(F)C(F)(F)C(F)(F)C(F)(F)C(F)(F)C(F)(F)C(F)(F)C(F)(F)C(F)(F)C(F)(F)C(F)(F)C(F)(F)C(F)(F)C(F)(F)C(F)(F)C(F)(F)F. The highest BCUT2D eigenvalue weighted by Gasteiger charge is 3.01. The zero-order valence-electron chi connectivity index (χ0n) is 20.9. The Kier molecular flexibility index (Phi) is 10.6. The summed E-state index contributed by atoms with van der Waals surface area (Å²) in [6, 6.07) is 0. The van der Waals surface area contributed by atoms with Crippen molar-refractivity contribution < 1.29 is 150 Å². The van der Waals surface area contributed by atoms with E-state index in [0.29, 0.717) is 0 Å². The lowest BCUT2D eigenvalue weighted by atomic mass is 9.83. The minimum absolute atomic E-state index is 7.42. The van der Waals surface area contributed by atoms with Gasteiger partial charge in [-0.05, 0) is 0 Å². The lowest BCUT2D eigenvalue weighted by Crippen LogP contribution is -2.80. The first-order valence-electron chi connectivity index (χ1n) is 10.2. The Balaban J connectivity index is 7.70. The van der Waals surface area contributed by atoms with Crippen LogP contribution in [-0.2, 0) is 0 Å². The fourth-order valence-corrected chi connectivity index (χ4v) is 2.73. The molecule has 0 aliphatic rings. The number of halogens is 33. The molecule has 0 aliphatic carbocycles. The summed E-state index contributed by atoms with van der Waals surface area (Å²) in [4.78, 5) is 0. The Hall–Kier alpha value is -2.35. The normalized spacial score (nSPS) is 17.4. The molecule has 302 valence electrons. The maximum Gasteiger partial charge on any atom is 0.460 e. The topological polar surface area (TPSA) is 20.2 Å². The van der Waals surface area contributed by atoms with Gasteiger partial charge in [-0.15, -0.1) is 0 Å². The maximum absolute atomic E-state index is 13.7. The molecule has 0 aliphatic heterocycles. The number of hydrogen-bond acceptors (Lipinski definition) is 1. The smallest absolute Gasteiger partial charge is 0.331 e. The van der Waals surface area contributed by atoms with E-state index in [2.05, 4.69) is 0 Å². The summed E-state index contributed by atoms with van der Waals surface area (Å²) in [7, 11) is 0. The second-order valence-electron chi connectivity index (χ2n) is 9.08. The molecule has 0 fully saturated rings. The van der Waals surface area contributed by atoms with Crippen LogP contribution in [0.2, 0.25) is 0 Å². The molecule has 0 aromatic carbocycles. The van der Waals surface area contributed by atoms with Crippen LogP contribution >= 0.6 is 0 Å². The standard InChI is InChI=1S/C16HF33O/c17-1(18,3(21,22)5(25,26)7(29,30)9(33,34)11(37,38)13(41,42)15(45,46)47)2(19,20)4(23,24)6(27,28)8(31,32)10(35,36)12(39,40)14(43,44)16(48,49)50/h50H. The Labute approximate surface area is 246 Å². The average molecular weight is 836 g/mol. The first-order chi connectivity index (χ1) is 20.8. The van der Waals surface area contributed by atoms with Crippen LogP contribution in [0.5, 0.6) is 0 Å². The number of aliphatic hydroxyl groups is 1. The van der Waals surface area contributed by atoms with E-state index in [1.165, 1.54) is 0 Å². The predicted octanol–water partition coefficient (Wildman–Crippen LogP) is 10.0. The summed E-state index contributed by atoms with van der Waals surface area (Å²) in [5, 5.41) is 7.42. The lowest BCUT2D eigenvalue weighted by Gasteiger charge is -2.46. The molecule has 0 radical (unpaired) electrons. The van der Waals surface area contributed by atoms with Gasteiger partial charge < -0.3 is 5.11 Å². The Morgan fingerprint density at radius 1 is 0.160 bits per heavy atom. The molecular formula is C16HF33O. The Morgan fingerprint density at radius 2 is 0.260 bits per heavy atom. The lowest BCUT2D eigenvalue weighted by molar-refractivity contribution is -0.494. The van der Waals surface area contributed by atoms with Crippen molar-refractivity contribution in [3.8, 4) is 0 Å². The first kappa shape index (κ1) is 47.7. The van der Waals surface area contributed by atoms with Gasteiger partial charge in [-0.2, -0.15) is 145 Å². The van der Waals surface area contributed by atoms with Gasteiger partial charge in [0.05, 0.1) is 0 Å². The van der Waals surface area contributed by atoms with Crippen LogP contribution in [-0.4, -0.2) is 100 Å². The molecule has 0 atom stereocenters. The van der Waals surface area contributed by atoms with Crippen LogP contribution < -0.4 is 0 Å². The second-order valence-corrected chi connectivity index (χ2v) is 9.08. The van der Waals surface area contributed by atoms with Gasteiger partial charge in [0.25, 0.3) is 0 Å². The highest BCUT2D eigenvalue weighted by molar-refractivity contribution is 5.21. The number of rotatable bonds is 14. The van der Waals surface area contributed by atoms with Crippen molar-refractivity contribution in [2.45, 2.75) is 95.2 Å². The van der Waals surface area contributed by atoms with E-state index >= 15 is 0 Å². The Morgan fingerprint density at radius 3 is 0.360 bits per heavy atom. The zero-order valence-corrected chi connectivity index (χ0v) is 20.9. The molecule has 0 heterocycles. The van der Waals surface area contributed by atoms with Gasteiger partial charge >= 0.3 is 95.2 Å². The van der Waals surface area contributed by atoms with Crippen molar-refractivity contribution in [2.24, 2.45) is 0 Å². The van der Waals surface area contributed by atoms with Crippen LogP contribution in [0.25, 0.3) is 0 Å². The average Bonchev–Trinajstić information content (AvgIpc) is 2.85. The van der Waals surface area contributed by atoms with E-state index in [4.69, 9.17) is 5.11 Å². The maximum atomic E-state index is 13.7. The van der Waals surface area contributed by atoms with Crippen LogP contribution in [0.3, 0.4) is 0 Å². The molecule has 1 nitrogen and oxygen atoms in total.